The number of nitrogens with two attached hydrogens (primary N) is 1. The van der Waals surface area contributed by atoms with Gasteiger partial charge in [0.2, 0.25) is 0 Å². The van der Waals surface area contributed by atoms with E-state index in [9.17, 15) is 4.39 Å². The van der Waals surface area contributed by atoms with Crippen molar-refractivity contribution in [2.75, 3.05) is 0 Å². The summed E-state index contributed by atoms with van der Waals surface area (Å²) in [5.41, 5.74) is 7.01. The van der Waals surface area contributed by atoms with Crippen LogP contribution >= 0.6 is 27.7 Å². The molecule has 2 aromatic rings. The predicted molar refractivity (Wildman–Crippen MR) is 77.3 cm³/mol. The van der Waals surface area contributed by atoms with Gasteiger partial charge in [0.15, 0.2) is 0 Å². The Kier molecular flexibility index (Phi) is 4.43. The zero-order chi connectivity index (χ0) is 13.1. The molecule has 0 saturated heterocycles. The molecule has 1 atom stereocenters. The van der Waals surface area contributed by atoms with Crippen molar-refractivity contribution < 1.29 is 4.39 Å². The second kappa shape index (κ2) is 5.87. The van der Waals surface area contributed by atoms with Crippen LogP contribution in [0.25, 0.3) is 0 Å². The van der Waals surface area contributed by atoms with Crippen LogP contribution in [0, 0.1) is 5.82 Å². The van der Waals surface area contributed by atoms with Gasteiger partial charge in [0.1, 0.15) is 5.82 Å². The molecule has 0 aliphatic rings. The van der Waals surface area contributed by atoms with Gasteiger partial charge in [-0.15, -0.1) is 0 Å². The minimum Gasteiger partial charge on any atom is -0.324 e. The normalized spacial score (nSPS) is 12.4. The Morgan fingerprint density at radius 1 is 1.22 bits per heavy atom. The predicted octanol–water partition coefficient (Wildman–Crippen LogP) is 4.76. The molecule has 0 fully saturated rings. The Balaban J connectivity index is 2.36. The van der Waals surface area contributed by atoms with E-state index in [1.54, 1.807) is 6.07 Å². The first-order chi connectivity index (χ1) is 8.56. The van der Waals surface area contributed by atoms with Gasteiger partial charge in [0.25, 0.3) is 0 Å². The van der Waals surface area contributed by atoms with Crippen LogP contribution in [0.1, 0.15) is 18.5 Å². The van der Waals surface area contributed by atoms with Gasteiger partial charge >= 0.3 is 0 Å². The van der Waals surface area contributed by atoms with E-state index >= 15 is 0 Å². The molecule has 1 nitrogen and oxygen atoms in total. The van der Waals surface area contributed by atoms with E-state index in [0.29, 0.717) is 0 Å². The van der Waals surface area contributed by atoms with Crippen LogP contribution in [0.3, 0.4) is 0 Å². The first-order valence-corrected chi connectivity index (χ1v) is 7.15. The van der Waals surface area contributed by atoms with E-state index in [1.165, 1.54) is 23.9 Å². The second-order valence-corrected chi connectivity index (χ2v) is 6.06. The van der Waals surface area contributed by atoms with Crippen LogP contribution in [0.5, 0.6) is 0 Å². The number of rotatable bonds is 3. The van der Waals surface area contributed by atoms with Gasteiger partial charge in [-0.1, -0.05) is 39.8 Å². The minimum atomic E-state index is -0.225. The lowest BCUT2D eigenvalue weighted by Gasteiger charge is -2.12. The van der Waals surface area contributed by atoms with Gasteiger partial charge < -0.3 is 5.73 Å². The van der Waals surface area contributed by atoms with Gasteiger partial charge in [-0.3, -0.25) is 0 Å². The highest BCUT2D eigenvalue weighted by Gasteiger charge is 2.09. The fraction of sp³-hybridized carbons (Fsp3) is 0.143. The highest BCUT2D eigenvalue weighted by atomic mass is 79.9. The molecular weight excluding hydrogens is 313 g/mol. The van der Waals surface area contributed by atoms with E-state index in [0.717, 1.165) is 19.8 Å². The molecule has 0 aliphatic heterocycles. The fourth-order valence-corrected chi connectivity index (χ4v) is 3.27. The molecule has 94 valence electrons. The van der Waals surface area contributed by atoms with Crippen molar-refractivity contribution in [3.63, 3.8) is 0 Å². The molecule has 4 heteroatoms. The summed E-state index contributed by atoms with van der Waals surface area (Å²) in [5.74, 6) is -0.225. The van der Waals surface area contributed by atoms with E-state index in [4.69, 9.17) is 5.73 Å². The number of benzene rings is 2. The van der Waals surface area contributed by atoms with Crippen molar-refractivity contribution >= 4 is 27.7 Å². The zero-order valence-corrected chi connectivity index (χ0v) is 12.3. The van der Waals surface area contributed by atoms with Crippen LogP contribution in [0.2, 0.25) is 0 Å². The first kappa shape index (κ1) is 13.6. The lowest BCUT2D eigenvalue weighted by Crippen LogP contribution is -2.06. The molecule has 1 unspecified atom stereocenters. The topological polar surface area (TPSA) is 26.0 Å². The number of halogens is 2. The first-order valence-electron chi connectivity index (χ1n) is 5.54. The molecule has 2 rings (SSSR count). The summed E-state index contributed by atoms with van der Waals surface area (Å²) in [6, 6.07) is 12.5. The molecule has 0 bridgehead atoms. The van der Waals surface area contributed by atoms with Gasteiger partial charge in [-0.2, -0.15) is 0 Å². The van der Waals surface area contributed by atoms with Crippen LogP contribution < -0.4 is 5.73 Å². The molecule has 0 aromatic heterocycles. The van der Waals surface area contributed by atoms with Crippen molar-refractivity contribution in [2.24, 2.45) is 5.73 Å². The van der Waals surface area contributed by atoms with Gasteiger partial charge in [0.05, 0.1) is 0 Å². The van der Waals surface area contributed by atoms with Crippen LogP contribution in [-0.2, 0) is 0 Å². The maximum atomic E-state index is 13.2. The Hall–Kier alpha value is -0.840. The van der Waals surface area contributed by atoms with E-state index in [-0.39, 0.29) is 11.9 Å². The molecular formula is C14H13BrFNS. The van der Waals surface area contributed by atoms with E-state index < -0.39 is 0 Å². The lowest BCUT2D eigenvalue weighted by atomic mass is 10.1. The Morgan fingerprint density at radius 2 is 2.00 bits per heavy atom. The maximum Gasteiger partial charge on any atom is 0.124 e. The van der Waals surface area contributed by atoms with Gasteiger partial charge in [-0.05, 0) is 42.8 Å². The molecule has 0 amide bonds. The van der Waals surface area contributed by atoms with E-state index in [1.807, 2.05) is 31.2 Å². The molecule has 0 saturated carbocycles. The molecule has 0 radical (unpaired) electrons. The van der Waals surface area contributed by atoms with E-state index in [2.05, 4.69) is 15.9 Å². The standard InChI is InChI=1S/C14H13BrFNS/c1-9(17)13-6-5-10(15)7-14(13)18-12-4-2-3-11(16)8-12/h2-9H,17H2,1H3. The maximum absolute atomic E-state index is 13.2. The Morgan fingerprint density at radius 3 is 2.67 bits per heavy atom. The third kappa shape index (κ3) is 3.34. The Labute approximate surface area is 119 Å². The quantitative estimate of drug-likeness (QED) is 0.880. The van der Waals surface area contributed by atoms with Crippen molar-refractivity contribution in [3.05, 3.63) is 58.3 Å². The highest BCUT2D eigenvalue weighted by Crippen LogP contribution is 2.34. The monoisotopic (exact) mass is 325 g/mol. The molecule has 2 aromatic carbocycles. The van der Waals surface area contributed by atoms with Crippen LogP contribution in [0.4, 0.5) is 4.39 Å². The third-order valence-corrected chi connectivity index (χ3v) is 4.05. The molecule has 18 heavy (non-hydrogen) atoms. The largest absolute Gasteiger partial charge is 0.324 e. The van der Waals surface area contributed by atoms with Gasteiger partial charge in [0, 0.05) is 20.3 Å². The molecule has 2 N–H and O–H groups in total. The average Bonchev–Trinajstić information content (AvgIpc) is 2.28. The van der Waals surface area contributed by atoms with Crippen molar-refractivity contribution in [3.8, 4) is 0 Å². The second-order valence-electron chi connectivity index (χ2n) is 4.03. The molecule has 0 spiro atoms. The molecule has 0 aliphatic carbocycles. The molecule has 0 heterocycles. The smallest absolute Gasteiger partial charge is 0.124 e. The summed E-state index contributed by atoms with van der Waals surface area (Å²) in [6.45, 7) is 1.94. The summed E-state index contributed by atoms with van der Waals surface area (Å²) in [7, 11) is 0. The summed E-state index contributed by atoms with van der Waals surface area (Å²) in [5, 5.41) is 0. The van der Waals surface area contributed by atoms with Crippen molar-refractivity contribution in [1.29, 1.82) is 0 Å². The van der Waals surface area contributed by atoms with Crippen molar-refractivity contribution in [2.45, 2.75) is 22.8 Å². The summed E-state index contributed by atoms with van der Waals surface area (Å²) in [4.78, 5) is 1.92. The van der Waals surface area contributed by atoms with Gasteiger partial charge in [-0.25, -0.2) is 4.39 Å². The van der Waals surface area contributed by atoms with Crippen LogP contribution in [-0.4, -0.2) is 0 Å². The Bertz CT molecular complexity index is 557. The fourth-order valence-electron chi connectivity index (χ4n) is 1.63. The zero-order valence-electron chi connectivity index (χ0n) is 9.86. The highest BCUT2D eigenvalue weighted by molar-refractivity contribution is 9.10. The van der Waals surface area contributed by atoms with Crippen LogP contribution in [0.15, 0.2) is 56.7 Å². The third-order valence-electron chi connectivity index (χ3n) is 2.49. The average molecular weight is 326 g/mol. The minimum absolute atomic E-state index is 0.0471. The SMILES string of the molecule is CC(N)c1ccc(Br)cc1Sc1cccc(F)c1. The summed E-state index contributed by atoms with van der Waals surface area (Å²) >= 11 is 4.97. The summed E-state index contributed by atoms with van der Waals surface area (Å²) < 4.78 is 14.2. The number of hydrogen-bond acceptors (Lipinski definition) is 2. The number of hydrogen-bond donors (Lipinski definition) is 1. The van der Waals surface area contributed by atoms with Crippen molar-refractivity contribution in [1.82, 2.24) is 0 Å². The summed E-state index contributed by atoms with van der Waals surface area (Å²) in [6.07, 6.45) is 0. The lowest BCUT2D eigenvalue weighted by molar-refractivity contribution is 0.624.